The average Bonchev–Trinajstić information content (AvgIpc) is 2.33. The van der Waals surface area contributed by atoms with Gasteiger partial charge in [0.15, 0.2) is 0 Å². The Bertz CT molecular complexity index is 216. The molecule has 0 amide bonds. The third kappa shape index (κ3) is 0.633. The molecule has 0 aromatic heterocycles. The molecule has 0 spiro atoms. The van der Waals surface area contributed by atoms with Crippen LogP contribution in [-0.4, -0.2) is 6.54 Å². The van der Waals surface area contributed by atoms with Crippen molar-refractivity contribution in [2.24, 2.45) is 0 Å². The number of hydrogen-bond acceptors (Lipinski definition) is 1. The van der Waals surface area contributed by atoms with Gasteiger partial charge in [0.1, 0.15) is 0 Å². The summed E-state index contributed by atoms with van der Waals surface area (Å²) in [7, 11) is 0. The van der Waals surface area contributed by atoms with Crippen molar-refractivity contribution in [2.45, 2.75) is 0 Å². The van der Waals surface area contributed by atoms with Gasteiger partial charge in [0.25, 0.3) is 0 Å². The van der Waals surface area contributed by atoms with Crippen molar-refractivity contribution in [2.75, 3.05) is 6.54 Å². The predicted molar refractivity (Wildman–Crippen MR) is 36.6 cm³/mol. The highest BCUT2D eigenvalue weighted by atomic mass is 14.9. The highest BCUT2D eigenvalue weighted by Crippen LogP contribution is 2.13. The molecule has 0 saturated heterocycles. The van der Waals surface area contributed by atoms with E-state index in [1.54, 1.807) is 0 Å². The lowest BCUT2D eigenvalue weighted by molar-refractivity contribution is 0.913. The Morgan fingerprint density at radius 2 is 2.56 bits per heavy atom. The van der Waals surface area contributed by atoms with E-state index in [9.17, 15) is 0 Å². The summed E-state index contributed by atoms with van der Waals surface area (Å²) in [6.07, 6.45) is 7.78. The lowest BCUT2D eigenvalue weighted by Gasteiger charge is -2.06. The Labute approximate surface area is 55.4 Å². The molecule has 0 saturated carbocycles. The van der Waals surface area contributed by atoms with Crippen LogP contribution >= 0.6 is 0 Å². The zero-order chi connectivity index (χ0) is 6.10. The van der Waals surface area contributed by atoms with Crippen LogP contribution < -0.4 is 10.6 Å². The van der Waals surface area contributed by atoms with Crippen LogP contribution in [0.5, 0.6) is 0 Å². The Morgan fingerprint density at radius 3 is 3.44 bits per heavy atom. The number of hydrogen-bond donors (Lipinski definition) is 1. The summed E-state index contributed by atoms with van der Waals surface area (Å²) < 4.78 is 0. The number of allylic oxidation sites excluding steroid dienone is 1. The van der Waals surface area contributed by atoms with Gasteiger partial charge in [0.05, 0.1) is 5.70 Å². The van der Waals surface area contributed by atoms with Crippen molar-refractivity contribution in [1.29, 1.82) is 0 Å². The average molecular weight is 120 g/mol. The minimum Gasteiger partial charge on any atom is -0.387 e. The summed E-state index contributed by atoms with van der Waals surface area (Å²) in [4.78, 5) is 0. The van der Waals surface area contributed by atoms with Gasteiger partial charge in [0.2, 0.25) is 0 Å². The van der Waals surface area contributed by atoms with E-state index in [1.165, 1.54) is 5.57 Å². The van der Waals surface area contributed by atoms with Crippen LogP contribution in [0.15, 0.2) is 35.8 Å². The molecule has 0 unspecified atom stereocenters. The number of rotatable bonds is 0. The Hall–Kier alpha value is -1.18. The van der Waals surface area contributed by atoms with Gasteiger partial charge in [-0.1, -0.05) is 0 Å². The topological polar surface area (TPSA) is 26.1 Å². The molecule has 0 atom stereocenters. The molecule has 2 aliphatic heterocycles. The summed E-state index contributed by atoms with van der Waals surface area (Å²) in [5.41, 5.74) is 2.39. The Morgan fingerprint density at radius 1 is 1.56 bits per heavy atom. The molecule has 2 heteroatoms. The van der Waals surface area contributed by atoms with Gasteiger partial charge in [-0.25, -0.2) is 0 Å². The second-order valence-corrected chi connectivity index (χ2v) is 2.07. The third-order valence-electron chi connectivity index (χ3n) is 1.47. The quantitative estimate of drug-likeness (QED) is 0.497. The molecule has 2 rings (SSSR count). The smallest absolute Gasteiger partial charge is 0.387 e. The van der Waals surface area contributed by atoms with E-state index in [-0.39, 0.29) is 1.43 Å². The van der Waals surface area contributed by atoms with Crippen LogP contribution in [0.25, 0.3) is 0 Å². The highest BCUT2D eigenvalue weighted by Gasteiger charge is 2.08. The fourth-order valence-corrected chi connectivity index (χ4v) is 0.982. The molecule has 2 heterocycles. The van der Waals surface area contributed by atoms with Crippen LogP contribution in [-0.2, 0) is 0 Å². The molecule has 2 aliphatic rings. The fourth-order valence-electron chi connectivity index (χ4n) is 0.982. The largest absolute Gasteiger partial charge is 1.00 e. The molecule has 0 aromatic rings. The normalized spacial score (nSPS) is 21.3. The summed E-state index contributed by atoms with van der Waals surface area (Å²) in [5, 5.41) is 7.24. The summed E-state index contributed by atoms with van der Waals surface area (Å²) in [5.74, 6) is 0. The maximum atomic E-state index is 4.13. The minimum atomic E-state index is 0. The van der Waals surface area contributed by atoms with Crippen LogP contribution in [0.1, 0.15) is 1.43 Å². The van der Waals surface area contributed by atoms with Gasteiger partial charge in [-0.3, -0.25) is 5.32 Å². The maximum absolute atomic E-state index is 4.13. The second kappa shape index (κ2) is 1.65. The van der Waals surface area contributed by atoms with Gasteiger partial charge in [-0.05, 0) is 23.9 Å². The van der Waals surface area contributed by atoms with Crippen LogP contribution in [0, 0.1) is 0 Å². The first-order chi connectivity index (χ1) is 4.47. The summed E-state index contributed by atoms with van der Waals surface area (Å²) in [6.45, 7) is 0.922. The van der Waals surface area contributed by atoms with Gasteiger partial charge >= 0.3 is 1.43 Å². The first-order valence-electron chi connectivity index (χ1n) is 2.97. The zero-order valence-corrected chi connectivity index (χ0v) is 4.96. The zero-order valence-electron chi connectivity index (χ0n) is 5.96. The SMILES string of the molecule is C1=CC2=C(C=CNC2)[N]1.[H+]. The van der Waals surface area contributed by atoms with E-state index in [0.29, 0.717) is 0 Å². The van der Waals surface area contributed by atoms with Crippen molar-refractivity contribution < 1.29 is 1.43 Å². The molecule has 0 aromatic carbocycles. The van der Waals surface area contributed by atoms with E-state index in [0.717, 1.165) is 12.2 Å². The van der Waals surface area contributed by atoms with Crippen molar-refractivity contribution in [3.8, 4) is 0 Å². The molecule has 1 radical (unpaired) electrons. The van der Waals surface area contributed by atoms with E-state index >= 15 is 0 Å². The standard InChI is InChI=1S/C7H7N2/c1-4-9-7-2-3-8-5-6(1)7/h1-4,8H,5H2/p+1. The van der Waals surface area contributed by atoms with E-state index < -0.39 is 0 Å². The van der Waals surface area contributed by atoms with Gasteiger partial charge in [0, 0.05) is 12.7 Å². The number of nitrogens with one attached hydrogen (secondary N) is 1. The Kier molecular flexibility index (Phi) is 0.859. The van der Waals surface area contributed by atoms with Gasteiger partial charge in [-0.15, -0.1) is 0 Å². The Balaban J connectivity index is 0.000000500. The molecule has 1 N–H and O–H groups in total. The van der Waals surface area contributed by atoms with Crippen molar-refractivity contribution >= 4 is 0 Å². The second-order valence-electron chi connectivity index (χ2n) is 2.07. The highest BCUT2D eigenvalue weighted by molar-refractivity contribution is 5.40. The van der Waals surface area contributed by atoms with Crippen molar-refractivity contribution in [1.82, 2.24) is 10.6 Å². The van der Waals surface area contributed by atoms with Crippen molar-refractivity contribution in [3.05, 3.63) is 35.8 Å². The molecule has 9 heavy (non-hydrogen) atoms. The molecule has 45 valence electrons. The third-order valence-corrected chi connectivity index (χ3v) is 1.47. The molecule has 0 fully saturated rings. The fraction of sp³-hybridized carbons (Fsp3) is 0.143. The molecule has 0 aliphatic carbocycles. The molecule has 0 bridgehead atoms. The van der Waals surface area contributed by atoms with E-state index in [1.807, 2.05) is 24.6 Å². The molecular formula is C7H8N2+. The minimum absolute atomic E-state index is 0. The monoisotopic (exact) mass is 120 g/mol. The number of nitrogens with zero attached hydrogens (tertiary/aromatic N) is 1. The predicted octanol–water partition coefficient (Wildman–Crippen LogP) is 0.602. The van der Waals surface area contributed by atoms with Gasteiger partial charge < -0.3 is 5.32 Å². The lowest BCUT2D eigenvalue weighted by Crippen LogP contribution is -2.13. The summed E-state index contributed by atoms with van der Waals surface area (Å²) in [6, 6.07) is 0. The lowest BCUT2D eigenvalue weighted by atomic mass is 10.2. The van der Waals surface area contributed by atoms with Crippen LogP contribution in [0.2, 0.25) is 0 Å². The number of dihydropyridines is 1. The van der Waals surface area contributed by atoms with E-state index in [2.05, 4.69) is 10.6 Å². The van der Waals surface area contributed by atoms with Crippen molar-refractivity contribution in [3.63, 3.8) is 0 Å². The van der Waals surface area contributed by atoms with Gasteiger partial charge in [-0.2, -0.15) is 0 Å². The molecular weight excluding hydrogens is 112 g/mol. The maximum Gasteiger partial charge on any atom is 1.00 e. The summed E-state index contributed by atoms with van der Waals surface area (Å²) >= 11 is 0. The molecule has 2 nitrogen and oxygen atoms in total. The first-order valence-corrected chi connectivity index (χ1v) is 2.97. The first kappa shape index (κ1) is 4.68. The van der Waals surface area contributed by atoms with E-state index in [4.69, 9.17) is 0 Å². The van der Waals surface area contributed by atoms with Crippen LogP contribution in [0.4, 0.5) is 0 Å². The van der Waals surface area contributed by atoms with Crippen LogP contribution in [0.3, 0.4) is 0 Å².